The van der Waals surface area contributed by atoms with Crippen LogP contribution in [0.3, 0.4) is 0 Å². The number of amides is 2. The quantitative estimate of drug-likeness (QED) is 0.179. The maximum absolute atomic E-state index is 13.0. The Kier molecular flexibility index (Phi) is 11.6. The first-order valence-corrected chi connectivity index (χ1v) is 15.8. The summed E-state index contributed by atoms with van der Waals surface area (Å²) in [5.41, 5.74) is 6.78. The molecule has 1 fully saturated rings. The summed E-state index contributed by atoms with van der Waals surface area (Å²) >= 11 is 0. The van der Waals surface area contributed by atoms with Crippen LogP contribution in [0.1, 0.15) is 46.6 Å². The van der Waals surface area contributed by atoms with Crippen LogP contribution in [-0.2, 0) is 16.0 Å². The third-order valence-corrected chi connectivity index (χ3v) is 8.68. The number of ether oxygens (including phenoxy) is 1. The Bertz CT molecular complexity index is 1160. The summed E-state index contributed by atoms with van der Waals surface area (Å²) in [6.07, 6.45) is -1.81. The fourth-order valence-corrected chi connectivity index (χ4v) is 6.43. The molecule has 0 unspecified atom stereocenters. The van der Waals surface area contributed by atoms with Crippen LogP contribution in [0, 0.1) is 5.92 Å². The van der Waals surface area contributed by atoms with Gasteiger partial charge in [0.1, 0.15) is 6.10 Å². The maximum atomic E-state index is 13.0. The molecular formula is C30H47N5O6S. The predicted molar refractivity (Wildman–Crippen MR) is 166 cm³/mol. The number of nitrogens with one attached hydrogen (secondary N) is 3. The summed E-state index contributed by atoms with van der Waals surface area (Å²) < 4.78 is 29.6. The molecule has 0 aliphatic carbocycles. The lowest BCUT2D eigenvalue weighted by Gasteiger charge is -2.45. The van der Waals surface area contributed by atoms with Crippen molar-refractivity contribution in [3.05, 3.63) is 60.2 Å². The van der Waals surface area contributed by atoms with Gasteiger partial charge in [-0.3, -0.25) is 13.9 Å². The van der Waals surface area contributed by atoms with E-state index in [2.05, 4.69) is 16.0 Å². The molecule has 8 N–H and O–H groups in total. The highest BCUT2D eigenvalue weighted by Crippen LogP contribution is 2.52. The summed E-state index contributed by atoms with van der Waals surface area (Å²) in [5.74, 6) is -0.0994. The van der Waals surface area contributed by atoms with Gasteiger partial charge in [0.05, 0.1) is 23.1 Å². The van der Waals surface area contributed by atoms with Gasteiger partial charge in [-0.15, -0.1) is 10.8 Å². The minimum absolute atomic E-state index is 0.0564. The number of benzene rings is 2. The number of hydrogen-bond donors (Lipinski definition) is 7. The van der Waals surface area contributed by atoms with Gasteiger partial charge >= 0.3 is 6.09 Å². The molecule has 0 saturated carbocycles. The average molecular weight is 606 g/mol. The van der Waals surface area contributed by atoms with E-state index in [4.69, 9.17) is 10.5 Å². The highest BCUT2D eigenvalue weighted by Gasteiger charge is 2.35. The SMILES string of the molecule is CC(C)CN(C[C@@H](O)[C@H](Cc1ccccc1)NC(=O)O[C@H]1CN[C@H](C(=O)NC(C)(C)C)C1)S(O)(O)c1ccc(N)cc1. The normalized spacial score (nSPS) is 19.4. The molecule has 11 nitrogen and oxygen atoms in total. The lowest BCUT2D eigenvalue weighted by Crippen LogP contribution is -2.51. The van der Waals surface area contributed by atoms with Crippen LogP contribution in [0.5, 0.6) is 0 Å². The molecule has 0 spiro atoms. The summed E-state index contributed by atoms with van der Waals surface area (Å²) in [6, 6.07) is 14.4. The molecule has 1 aliphatic heterocycles. The molecular weight excluding hydrogens is 558 g/mol. The maximum Gasteiger partial charge on any atom is 0.407 e. The number of hydrogen-bond acceptors (Lipinski definition) is 9. The van der Waals surface area contributed by atoms with Crippen molar-refractivity contribution >= 4 is 28.5 Å². The number of aliphatic hydroxyl groups excluding tert-OH is 1. The lowest BCUT2D eigenvalue weighted by atomic mass is 10.0. The van der Waals surface area contributed by atoms with Gasteiger partial charge in [0.25, 0.3) is 0 Å². The van der Waals surface area contributed by atoms with Crippen molar-refractivity contribution in [2.45, 2.75) is 82.2 Å². The second kappa shape index (κ2) is 14.5. The zero-order chi connectivity index (χ0) is 31.1. The average Bonchev–Trinajstić information content (AvgIpc) is 3.36. The van der Waals surface area contributed by atoms with E-state index in [0.717, 1.165) is 5.56 Å². The lowest BCUT2D eigenvalue weighted by molar-refractivity contribution is -0.124. The molecule has 1 saturated heterocycles. The van der Waals surface area contributed by atoms with Crippen molar-refractivity contribution in [1.82, 2.24) is 20.3 Å². The number of alkyl carbamates (subject to hydrolysis) is 1. The Morgan fingerprint density at radius 3 is 2.33 bits per heavy atom. The van der Waals surface area contributed by atoms with Gasteiger partial charge in [0.2, 0.25) is 5.91 Å². The van der Waals surface area contributed by atoms with E-state index in [1.165, 1.54) is 4.31 Å². The van der Waals surface area contributed by atoms with Crippen LogP contribution in [0.4, 0.5) is 10.5 Å². The molecule has 4 atom stereocenters. The number of nitrogens with zero attached hydrogens (tertiary/aromatic N) is 1. The summed E-state index contributed by atoms with van der Waals surface area (Å²) in [5, 5.41) is 20.3. The Labute approximate surface area is 250 Å². The number of anilines is 1. The minimum Gasteiger partial charge on any atom is -0.445 e. The number of nitrogen functional groups attached to an aromatic ring is 1. The van der Waals surface area contributed by atoms with E-state index >= 15 is 0 Å². The second-order valence-corrected chi connectivity index (χ2v) is 14.3. The monoisotopic (exact) mass is 605 g/mol. The highest BCUT2D eigenvalue weighted by molar-refractivity contribution is 8.22. The fraction of sp³-hybridized carbons (Fsp3) is 0.533. The van der Waals surface area contributed by atoms with E-state index in [1.54, 1.807) is 24.3 Å². The van der Waals surface area contributed by atoms with Crippen molar-refractivity contribution in [3.8, 4) is 0 Å². The van der Waals surface area contributed by atoms with Gasteiger partial charge in [-0.1, -0.05) is 44.2 Å². The first-order valence-electron chi connectivity index (χ1n) is 14.3. The van der Waals surface area contributed by atoms with E-state index in [-0.39, 0.29) is 41.8 Å². The van der Waals surface area contributed by atoms with Crippen molar-refractivity contribution in [2.75, 3.05) is 25.4 Å². The zero-order valence-electron chi connectivity index (χ0n) is 25.1. The molecule has 1 aliphatic rings. The van der Waals surface area contributed by atoms with Gasteiger partial charge in [0.15, 0.2) is 0 Å². The highest BCUT2D eigenvalue weighted by atomic mass is 32.3. The Balaban J connectivity index is 1.72. The van der Waals surface area contributed by atoms with Crippen LogP contribution < -0.4 is 21.7 Å². The van der Waals surface area contributed by atoms with Crippen LogP contribution in [0.2, 0.25) is 0 Å². The molecule has 42 heavy (non-hydrogen) atoms. The number of carbonyl (C=O) groups is 2. The van der Waals surface area contributed by atoms with Gasteiger partial charge in [0, 0.05) is 37.3 Å². The predicted octanol–water partition coefficient (Wildman–Crippen LogP) is 3.59. The molecule has 1 heterocycles. The van der Waals surface area contributed by atoms with E-state index < -0.39 is 41.2 Å². The number of rotatable bonds is 12. The molecule has 0 radical (unpaired) electrons. The van der Waals surface area contributed by atoms with Gasteiger partial charge in [-0.2, -0.15) is 4.31 Å². The number of nitrogens with two attached hydrogens (primary N) is 1. The van der Waals surface area contributed by atoms with Crippen molar-refractivity contribution in [3.63, 3.8) is 0 Å². The molecule has 3 rings (SSSR count). The molecule has 0 bridgehead atoms. The number of aliphatic hydroxyl groups is 1. The number of carbonyl (C=O) groups excluding carboxylic acids is 2. The summed E-state index contributed by atoms with van der Waals surface area (Å²) in [7, 11) is -3.46. The van der Waals surface area contributed by atoms with Crippen LogP contribution in [0.25, 0.3) is 0 Å². The molecule has 12 heteroatoms. The third-order valence-electron chi connectivity index (χ3n) is 6.76. The molecule has 0 aromatic heterocycles. The van der Waals surface area contributed by atoms with Gasteiger partial charge < -0.3 is 31.5 Å². The second-order valence-electron chi connectivity index (χ2n) is 12.3. The summed E-state index contributed by atoms with van der Waals surface area (Å²) in [6.45, 7) is 10.1. The van der Waals surface area contributed by atoms with Gasteiger partial charge in [-0.25, -0.2) is 4.79 Å². The fourth-order valence-electron chi connectivity index (χ4n) is 4.76. The Morgan fingerprint density at radius 1 is 1.10 bits per heavy atom. The molecule has 2 amide bonds. The summed E-state index contributed by atoms with van der Waals surface area (Å²) in [4.78, 5) is 25.8. The van der Waals surface area contributed by atoms with Gasteiger partial charge in [-0.05, 0) is 62.9 Å². The smallest absolute Gasteiger partial charge is 0.407 e. The third kappa shape index (κ3) is 10.1. The van der Waals surface area contributed by atoms with E-state index in [0.29, 0.717) is 18.7 Å². The van der Waals surface area contributed by atoms with Crippen molar-refractivity contribution in [1.29, 1.82) is 0 Å². The van der Waals surface area contributed by atoms with Crippen molar-refractivity contribution in [2.24, 2.45) is 5.92 Å². The molecule has 2 aromatic carbocycles. The van der Waals surface area contributed by atoms with Crippen LogP contribution in [0.15, 0.2) is 59.5 Å². The Morgan fingerprint density at radius 2 is 1.74 bits per heavy atom. The Hall–Kier alpha value is -2.87. The molecule has 2 aromatic rings. The van der Waals surface area contributed by atoms with Crippen LogP contribution in [-0.4, -0.2) is 80.0 Å². The zero-order valence-corrected chi connectivity index (χ0v) is 25.9. The standard InChI is InChI=1S/C30H47N5O6S/c1-20(2)18-35(42(39,40)24-13-11-22(31)12-14-24)19-27(36)25(15-21-9-7-6-8-10-21)33-29(38)41-23-16-26(32-17-23)28(37)34-30(3,4)5/h6-14,20,23,25-27,32,36,39-40H,15-19,31H2,1-5H3,(H,33,38)(H,34,37)/t23-,25+,26+,27-/m1/s1. The van der Waals surface area contributed by atoms with Crippen molar-refractivity contribution < 1.29 is 28.5 Å². The van der Waals surface area contributed by atoms with E-state index in [9.17, 15) is 23.8 Å². The molecule has 234 valence electrons. The van der Waals surface area contributed by atoms with Crippen LogP contribution >= 0.6 is 10.8 Å². The first kappa shape index (κ1) is 33.6. The minimum atomic E-state index is -3.46. The van der Waals surface area contributed by atoms with E-state index in [1.807, 2.05) is 65.0 Å². The largest absolute Gasteiger partial charge is 0.445 e. The first-order chi connectivity index (χ1) is 19.6. The topological polar surface area (TPSA) is 169 Å².